The van der Waals surface area contributed by atoms with Gasteiger partial charge in [-0.2, -0.15) is 0 Å². The summed E-state index contributed by atoms with van der Waals surface area (Å²) in [5.74, 6) is 0. The van der Waals surface area contributed by atoms with Gasteiger partial charge in [-0.15, -0.1) is 0 Å². The van der Waals surface area contributed by atoms with Gasteiger partial charge in [0.1, 0.15) is 0 Å². The second-order valence-electron chi connectivity index (χ2n) is 5.14. The van der Waals surface area contributed by atoms with Gasteiger partial charge in [0, 0.05) is 17.3 Å². The third-order valence-electron chi connectivity index (χ3n) is 3.68. The van der Waals surface area contributed by atoms with Gasteiger partial charge in [0.05, 0.1) is 0 Å². The lowest BCUT2D eigenvalue weighted by molar-refractivity contribution is 0.238. The van der Waals surface area contributed by atoms with Crippen molar-refractivity contribution in [3.63, 3.8) is 0 Å². The summed E-state index contributed by atoms with van der Waals surface area (Å²) in [7, 11) is 0. The van der Waals surface area contributed by atoms with Crippen LogP contribution in [0.5, 0.6) is 0 Å². The first kappa shape index (κ1) is 17.3. The van der Waals surface area contributed by atoms with Crippen LogP contribution in [0, 0.1) is 0 Å². The summed E-state index contributed by atoms with van der Waals surface area (Å²) < 4.78 is 0. The fourth-order valence-electron chi connectivity index (χ4n) is 2.43. The topological polar surface area (TPSA) is 32.5 Å². The Bertz CT molecular complexity index is 371. The number of anilines is 1. The molecule has 0 heterocycles. The van der Waals surface area contributed by atoms with E-state index >= 15 is 0 Å². The normalized spacial score (nSPS) is 11.5. The molecule has 0 aliphatic heterocycles. The number of hydrogen-bond donors (Lipinski definition) is 1. The van der Waals surface area contributed by atoms with Crippen molar-refractivity contribution in [3.05, 3.63) is 28.8 Å². The van der Waals surface area contributed by atoms with Crippen LogP contribution in [0.2, 0.25) is 5.02 Å². The van der Waals surface area contributed by atoms with E-state index in [1.54, 1.807) is 6.07 Å². The van der Waals surface area contributed by atoms with Crippen LogP contribution in [-0.2, 0) is 6.54 Å². The van der Waals surface area contributed by atoms with Crippen LogP contribution in [0.3, 0.4) is 0 Å². The zero-order valence-electron chi connectivity index (χ0n) is 13.0. The number of rotatable bonds is 9. The van der Waals surface area contributed by atoms with Crippen LogP contribution in [0.1, 0.15) is 32.8 Å². The Labute approximate surface area is 128 Å². The van der Waals surface area contributed by atoms with E-state index in [1.165, 1.54) is 18.5 Å². The first-order chi connectivity index (χ1) is 9.58. The van der Waals surface area contributed by atoms with E-state index in [1.807, 2.05) is 12.1 Å². The van der Waals surface area contributed by atoms with Crippen molar-refractivity contribution >= 4 is 17.3 Å². The van der Waals surface area contributed by atoms with E-state index in [-0.39, 0.29) is 0 Å². The maximum Gasteiger partial charge on any atom is 0.0429 e. The van der Waals surface area contributed by atoms with Gasteiger partial charge in [-0.1, -0.05) is 32.4 Å². The lowest BCUT2D eigenvalue weighted by atomic mass is 10.2. The molecule has 1 aromatic carbocycles. The van der Waals surface area contributed by atoms with E-state index < -0.39 is 0 Å². The zero-order chi connectivity index (χ0) is 15.0. The lowest BCUT2D eigenvalue weighted by Gasteiger charge is -2.23. The van der Waals surface area contributed by atoms with Crippen LogP contribution in [0.25, 0.3) is 0 Å². The van der Waals surface area contributed by atoms with Gasteiger partial charge in [-0.05, 0) is 62.9 Å². The monoisotopic (exact) mass is 297 g/mol. The Kier molecular flexibility index (Phi) is 7.97. The molecule has 4 heteroatoms. The molecular weight excluding hydrogens is 270 g/mol. The van der Waals surface area contributed by atoms with Crippen LogP contribution in [-0.4, -0.2) is 42.5 Å². The summed E-state index contributed by atoms with van der Waals surface area (Å²) in [6.07, 6.45) is 1.20. The number of halogens is 1. The molecule has 0 saturated heterocycles. The maximum absolute atomic E-state index is 6.06. The Morgan fingerprint density at radius 3 is 2.10 bits per heavy atom. The molecule has 2 N–H and O–H groups in total. The van der Waals surface area contributed by atoms with Crippen LogP contribution >= 0.6 is 11.6 Å². The standard InChI is InChI=1S/C16H28ClN3/c1-4-19(5-2)8-7-9-20(6-3)13-14-10-15(17)12-16(18)11-14/h10-12H,4-9,13,18H2,1-3H3. The van der Waals surface area contributed by atoms with Gasteiger partial charge in [-0.25, -0.2) is 0 Å². The first-order valence-electron chi connectivity index (χ1n) is 7.58. The quantitative estimate of drug-likeness (QED) is 0.708. The van der Waals surface area contributed by atoms with E-state index in [2.05, 4.69) is 30.6 Å². The number of nitrogen functional groups attached to an aromatic ring is 1. The average molecular weight is 298 g/mol. The molecule has 20 heavy (non-hydrogen) atoms. The van der Waals surface area contributed by atoms with Crippen molar-refractivity contribution in [1.29, 1.82) is 0 Å². The Morgan fingerprint density at radius 1 is 0.950 bits per heavy atom. The Morgan fingerprint density at radius 2 is 1.55 bits per heavy atom. The summed E-state index contributed by atoms with van der Waals surface area (Å²) in [6.45, 7) is 13.1. The smallest absolute Gasteiger partial charge is 0.0429 e. The van der Waals surface area contributed by atoms with Crippen LogP contribution in [0.4, 0.5) is 5.69 Å². The predicted molar refractivity (Wildman–Crippen MR) is 89.2 cm³/mol. The van der Waals surface area contributed by atoms with E-state index in [9.17, 15) is 0 Å². The minimum atomic E-state index is 0.721. The third kappa shape index (κ3) is 6.12. The second-order valence-corrected chi connectivity index (χ2v) is 5.58. The molecule has 0 aromatic heterocycles. The van der Waals surface area contributed by atoms with Gasteiger partial charge in [0.2, 0.25) is 0 Å². The van der Waals surface area contributed by atoms with Crippen molar-refractivity contribution in [3.8, 4) is 0 Å². The number of nitrogens with two attached hydrogens (primary N) is 1. The fourth-order valence-corrected chi connectivity index (χ4v) is 2.70. The molecule has 3 nitrogen and oxygen atoms in total. The molecule has 0 bridgehead atoms. The molecule has 0 amide bonds. The predicted octanol–water partition coefficient (Wildman–Crippen LogP) is 3.48. The van der Waals surface area contributed by atoms with Gasteiger partial charge in [0.15, 0.2) is 0 Å². The highest BCUT2D eigenvalue weighted by molar-refractivity contribution is 6.30. The average Bonchev–Trinajstić information content (AvgIpc) is 2.41. The highest BCUT2D eigenvalue weighted by Crippen LogP contribution is 2.18. The second kappa shape index (κ2) is 9.22. The SMILES string of the molecule is CCN(CC)CCCN(CC)Cc1cc(N)cc(Cl)c1. The van der Waals surface area contributed by atoms with Crippen LogP contribution < -0.4 is 5.73 Å². The van der Waals surface area contributed by atoms with Crippen molar-refractivity contribution in [2.75, 3.05) is 38.5 Å². The van der Waals surface area contributed by atoms with Crippen molar-refractivity contribution < 1.29 is 0 Å². The van der Waals surface area contributed by atoms with Gasteiger partial charge in [-0.3, -0.25) is 4.90 Å². The zero-order valence-corrected chi connectivity index (χ0v) is 13.8. The van der Waals surface area contributed by atoms with E-state index in [0.29, 0.717) is 0 Å². The molecule has 0 aliphatic carbocycles. The number of hydrogen-bond acceptors (Lipinski definition) is 3. The van der Waals surface area contributed by atoms with Gasteiger partial charge < -0.3 is 10.6 Å². The summed E-state index contributed by atoms with van der Waals surface area (Å²) >= 11 is 6.06. The summed E-state index contributed by atoms with van der Waals surface area (Å²) in [5, 5.41) is 0.721. The fraction of sp³-hybridized carbons (Fsp3) is 0.625. The molecule has 1 rings (SSSR count). The number of nitrogens with zero attached hydrogens (tertiary/aromatic N) is 2. The Hall–Kier alpha value is -0.770. The maximum atomic E-state index is 6.06. The summed E-state index contributed by atoms with van der Waals surface area (Å²) in [6, 6.07) is 5.81. The first-order valence-corrected chi connectivity index (χ1v) is 7.96. The summed E-state index contributed by atoms with van der Waals surface area (Å²) in [5.41, 5.74) is 7.78. The highest BCUT2D eigenvalue weighted by atomic mass is 35.5. The minimum Gasteiger partial charge on any atom is -0.399 e. The molecule has 0 spiro atoms. The summed E-state index contributed by atoms with van der Waals surface area (Å²) in [4.78, 5) is 4.90. The minimum absolute atomic E-state index is 0.721. The molecule has 114 valence electrons. The molecular formula is C16H28ClN3. The van der Waals surface area contributed by atoms with Crippen LogP contribution in [0.15, 0.2) is 18.2 Å². The molecule has 0 aliphatic rings. The van der Waals surface area contributed by atoms with Crippen molar-refractivity contribution in [1.82, 2.24) is 9.80 Å². The molecule has 0 unspecified atom stereocenters. The largest absolute Gasteiger partial charge is 0.399 e. The van der Waals surface area contributed by atoms with Gasteiger partial charge >= 0.3 is 0 Å². The molecule has 0 radical (unpaired) electrons. The van der Waals surface area contributed by atoms with Gasteiger partial charge in [0.25, 0.3) is 0 Å². The molecule has 0 atom stereocenters. The van der Waals surface area contributed by atoms with Crippen molar-refractivity contribution in [2.45, 2.75) is 33.7 Å². The molecule has 1 aromatic rings. The third-order valence-corrected chi connectivity index (χ3v) is 3.89. The van der Waals surface area contributed by atoms with E-state index in [0.717, 1.165) is 43.4 Å². The Balaban J connectivity index is 2.46. The molecule has 0 fully saturated rings. The highest BCUT2D eigenvalue weighted by Gasteiger charge is 2.06. The van der Waals surface area contributed by atoms with E-state index in [4.69, 9.17) is 17.3 Å². The van der Waals surface area contributed by atoms with Crippen molar-refractivity contribution in [2.24, 2.45) is 0 Å². The number of benzene rings is 1. The lowest BCUT2D eigenvalue weighted by Crippen LogP contribution is -2.29. The molecule has 0 saturated carbocycles.